The highest BCUT2D eigenvalue weighted by Crippen LogP contribution is 2.36. The third-order valence-corrected chi connectivity index (χ3v) is 6.31. The first-order valence-corrected chi connectivity index (χ1v) is 9.62. The first-order chi connectivity index (χ1) is 11.8. The number of aryl methyl sites for hydroxylation is 1. The van der Waals surface area contributed by atoms with Crippen molar-refractivity contribution in [2.24, 2.45) is 5.92 Å². The second kappa shape index (κ2) is 6.41. The summed E-state index contributed by atoms with van der Waals surface area (Å²) < 4.78 is 28.2. The Labute approximate surface area is 149 Å². The van der Waals surface area contributed by atoms with Crippen molar-refractivity contribution in [2.45, 2.75) is 18.7 Å². The number of fused-ring (bicyclic) bond motifs is 1. The van der Waals surface area contributed by atoms with E-state index in [2.05, 4.69) is 17.9 Å². The minimum Gasteiger partial charge on any atom is -0.373 e. The van der Waals surface area contributed by atoms with Gasteiger partial charge in [-0.3, -0.25) is 4.31 Å². The summed E-state index contributed by atoms with van der Waals surface area (Å²) in [7, 11) is -1.72. The van der Waals surface area contributed by atoms with Crippen molar-refractivity contribution in [3.8, 4) is 6.07 Å². The Balaban J connectivity index is 2.14. The number of benzene rings is 2. The Kier molecular flexibility index (Phi) is 4.44. The fourth-order valence-corrected chi connectivity index (χ4v) is 4.96. The molecule has 5 nitrogen and oxygen atoms in total. The van der Waals surface area contributed by atoms with Crippen molar-refractivity contribution in [2.75, 3.05) is 29.3 Å². The summed E-state index contributed by atoms with van der Waals surface area (Å²) in [6, 6.07) is 14.3. The van der Waals surface area contributed by atoms with Gasteiger partial charge < -0.3 is 4.90 Å². The molecule has 25 heavy (non-hydrogen) atoms. The van der Waals surface area contributed by atoms with Gasteiger partial charge in [0, 0.05) is 20.1 Å². The van der Waals surface area contributed by atoms with Gasteiger partial charge in [0.25, 0.3) is 10.0 Å². The lowest BCUT2D eigenvalue weighted by atomic mass is 10.1. The lowest BCUT2D eigenvalue weighted by Gasteiger charge is -2.26. The molecule has 0 aromatic heterocycles. The van der Waals surface area contributed by atoms with Crippen LogP contribution in [0.5, 0.6) is 0 Å². The van der Waals surface area contributed by atoms with Crippen LogP contribution in [0.15, 0.2) is 47.4 Å². The Morgan fingerprint density at radius 1 is 1.12 bits per heavy atom. The van der Waals surface area contributed by atoms with E-state index in [1.54, 1.807) is 19.1 Å². The maximum Gasteiger partial charge on any atom is 0.264 e. The number of para-hydroxylation sites is 2. The number of hydrogen-bond donors (Lipinski definition) is 0. The summed E-state index contributed by atoms with van der Waals surface area (Å²) in [4.78, 5) is 2.31. The van der Waals surface area contributed by atoms with Crippen LogP contribution in [-0.4, -0.2) is 28.6 Å². The van der Waals surface area contributed by atoms with E-state index in [4.69, 9.17) is 5.26 Å². The Morgan fingerprint density at radius 2 is 1.80 bits per heavy atom. The van der Waals surface area contributed by atoms with Crippen LogP contribution in [0.25, 0.3) is 0 Å². The zero-order valence-electron chi connectivity index (χ0n) is 14.6. The predicted molar refractivity (Wildman–Crippen MR) is 99.3 cm³/mol. The minimum absolute atomic E-state index is 0.187. The van der Waals surface area contributed by atoms with Gasteiger partial charge in [0.05, 0.1) is 27.9 Å². The summed E-state index contributed by atoms with van der Waals surface area (Å²) >= 11 is 0. The molecule has 1 unspecified atom stereocenters. The number of anilines is 2. The van der Waals surface area contributed by atoms with Gasteiger partial charge >= 0.3 is 0 Å². The smallest absolute Gasteiger partial charge is 0.264 e. The number of hydrogen-bond acceptors (Lipinski definition) is 4. The molecule has 0 fully saturated rings. The van der Waals surface area contributed by atoms with Crippen LogP contribution < -0.4 is 9.21 Å². The molecule has 0 saturated carbocycles. The van der Waals surface area contributed by atoms with E-state index < -0.39 is 10.0 Å². The number of nitrogens with zero attached hydrogens (tertiary/aromatic N) is 3. The third kappa shape index (κ3) is 3.08. The fraction of sp³-hybridized carbons (Fsp3) is 0.316. The molecule has 0 N–H and O–H groups in total. The zero-order chi connectivity index (χ0) is 18.2. The molecule has 3 rings (SSSR count). The van der Waals surface area contributed by atoms with Gasteiger partial charge in [0.1, 0.15) is 0 Å². The Morgan fingerprint density at radius 3 is 2.44 bits per heavy atom. The molecule has 0 bridgehead atoms. The summed E-state index contributed by atoms with van der Waals surface area (Å²) in [6.07, 6.45) is 0. The maximum atomic E-state index is 13.3. The van der Waals surface area contributed by atoms with Crippen molar-refractivity contribution in [3.05, 3.63) is 53.6 Å². The van der Waals surface area contributed by atoms with E-state index in [1.165, 1.54) is 10.4 Å². The van der Waals surface area contributed by atoms with Crippen LogP contribution in [0.4, 0.5) is 11.4 Å². The lowest BCUT2D eigenvalue weighted by molar-refractivity contribution is 0.567. The quantitative estimate of drug-likeness (QED) is 0.830. The SMILES string of the molecule is Cc1cc(S(=O)(=O)N2CC(C)CN(C)c3ccccc32)ccc1C#N. The van der Waals surface area contributed by atoms with Gasteiger partial charge in [0.2, 0.25) is 0 Å². The highest BCUT2D eigenvalue weighted by molar-refractivity contribution is 7.92. The van der Waals surface area contributed by atoms with Crippen molar-refractivity contribution in [3.63, 3.8) is 0 Å². The second-order valence-electron chi connectivity index (χ2n) is 6.60. The third-order valence-electron chi connectivity index (χ3n) is 4.53. The fourth-order valence-electron chi connectivity index (χ4n) is 3.28. The first-order valence-electron chi connectivity index (χ1n) is 8.18. The zero-order valence-corrected chi connectivity index (χ0v) is 15.4. The average molecular weight is 355 g/mol. The van der Waals surface area contributed by atoms with E-state index in [1.807, 2.05) is 31.3 Å². The average Bonchev–Trinajstić information content (AvgIpc) is 2.71. The minimum atomic E-state index is -3.71. The molecule has 0 aliphatic carbocycles. The van der Waals surface area contributed by atoms with Gasteiger partial charge in [-0.15, -0.1) is 0 Å². The summed E-state index contributed by atoms with van der Waals surface area (Å²) in [5, 5.41) is 9.08. The molecule has 6 heteroatoms. The number of nitriles is 1. The largest absolute Gasteiger partial charge is 0.373 e. The Bertz CT molecular complexity index is 947. The maximum absolute atomic E-state index is 13.3. The number of rotatable bonds is 2. The second-order valence-corrected chi connectivity index (χ2v) is 8.46. The normalized spacial score (nSPS) is 17.6. The highest BCUT2D eigenvalue weighted by atomic mass is 32.2. The van der Waals surface area contributed by atoms with Crippen molar-refractivity contribution in [1.82, 2.24) is 0 Å². The van der Waals surface area contributed by atoms with Gasteiger partial charge in [-0.05, 0) is 48.7 Å². The Hall–Kier alpha value is -2.52. The summed E-state index contributed by atoms with van der Waals surface area (Å²) in [5.41, 5.74) is 2.75. The molecule has 0 spiro atoms. The predicted octanol–water partition coefficient (Wildman–Crippen LogP) is 3.15. The van der Waals surface area contributed by atoms with Gasteiger partial charge in [-0.25, -0.2) is 8.42 Å². The standard InChI is InChI=1S/C19H21N3O2S/c1-14-12-21(3)18-6-4-5-7-19(18)22(13-14)25(23,24)17-9-8-16(11-20)15(2)10-17/h4-10,14H,12-13H2,1-3H3. The van der Waals surface area contributed by atoms with Gasteiger partial charge in [-0.1, -0.05) is 19.1 Å². The topological polar surface area (TPSA) is 64.4 Å². The lowest BCUT2D eigenvalue weighted by Crippen LogP contribution is -2.35. The molecule has 0 saturated heterocycles. The molecule has 1 heterocycles. The summed E-state index contributed by atoms with van der Waals surface area (Å²) in [6.45, 7) is 5.01. The van der Waals surface area contributed by atoms with E-state index in [9.17, 15) is 8.42 Å². The molecule has 2 aromatic carbocycles. The van der Waals surface area contributed by atoms with Crippen LogP contribution in [0.3, 0.4) is 0 Å². The highest BCUT2D eigenvalue weighted by Gasteiger charge is 2.31. The monoisotopic (exact) mass is 355 g/mol. The van der Waals surface area contributed by atoms with Gasteiger partial charge in [0.15, 0.2) is 0 Å². The van der Waals surface area contributed by atoms with Gasteiger partial charge in [-0.2, -0.15) is 5.26 Å². The molecule has 130 valence electrons. The first kappa shape index (κ1) is 17.3. The molecule has 0 amide bonds. The van der Waals surface area contributed by atoms with Crippen molar-refractivity contribution >= 4 is 21.4 Å². The van der Waals surface area contributed by atoms with E-state index in [0.717, 1.165) is 12.2 Å². The molecule has 1 aliphatic heterocycles. The van der Waals surface area contributed by atoms with E-state index >= 15 is 0 Å². The van der Waals surface area contributed by atoms with Crippen molar-refractivity contribution < 1.29 is 8.42 Å². The van der Waals surface area contributed by atoms with Crippen LogP contribution in [-0.2, 0) is 10.0 Å². The van der Waals surface area contributed by atoms with Crippen LogP contribution in [0, 0.1) is 24.2 Å². The number of sulfonamides is 1. The van der Waals surface area contributed by atoms with Crippen LogP contribution >= 0.6 is 0 Å². The molecule has 2 aromatic rings. The van der Waals surface area contributed by atoms with E-state index in [0.29, 0.717) is 23.4 Å². The molecule has 1 atom stereocenters. The molecular formula is C19H21N3O2S. The van der Waals surface area contributed by atoms with Crippen LogP contribution in [0.2, 0.25) is 0 Å². The summed E-state index contributed by atoms with van der Waals surface area (Å²) in [5.74, 6) is 0.187. The van der Waals surface area contributed by atoms with Crippen LogP contribution in [0.1, 0.15) is 18.1 Å². The molecule has 0 radical (unpaired) electrons. The van der Waals surface area contributed by atoms with Crippen molar-refractivity contribution in [1.29, 1.82) is 5.26 Å². The molecule has 1 aliphatic rings. The molecular weight excluding hydrogens is 334 g/mol. The van der Waals surface area contributed by atoms with E-state index in [-0.39, 0.29) is 10.8 Å².